The molecule has 2 nitrogen and oxygen atoms in total. The Labute approximate surface area is 123 Å². The van der Waals surface area contributed by atoms with Gasteiger partial charge in [0.15, 0.2) is 0 Å². The van der Waals surface area contributed by atoms with Crippen LogP contribution >= 0.6 is 23.2 Å². The van der Waals surface area contributed by atoms with E-state index in [0.29, 0.717) is 24.7 Å². The predicted octanol–water partition coefficient (Wildman–Crippen LogP) is 3.35. The van der Waals surface area contributed by atoms with Crippen molar-refractivity contribution < 1.29 is 9.13 Å². The summed E-state index contributed by atoms with van der Waals surface area (Å²) in [6.07, 6.45) is 1.58. The number of hydrogen-bond donors (Lipinski definition) is 1. The van der Waals surface area contributed by atoms with Gasteiger partial charge in [-0.25, -0.2) is 4.39 Å². The van der Waals surface area contributed by atoms with E-state index < -0.39 is 0 Å². The van der Waals surface area contributed by atoms with E-state index in [2.05, 4.69) is 12.2 Å². The van der Waals surface area contributed by atoms with Gasteiger partial charge in [0.05, 0.1) is 0 Å². The average Bonchev–Trinajstić information content (AvgIpc) is 2.83. The van der Waals surface area contributed by atoms with Gasteiger partial charge in [-0.15, -0.1) is 23.2 Å². The van der Waals surface area contributed by atoms with Crippen molar-refractivity contribution in [2.45, 2.75) is 31.4 Å². The number of alkyl halides is 2. The fourth-order valence-corrected chi connectivity index (χ4v) is 3.03. The Balaban J connectivity index is 1.93. The van der Waals surface area contributed by atoms with E-state index in [1.807, 2.05) is 0 Å². The van der Waals surface area contributed by atoms with Crippen LogP contribution in [0.3, 0.4) is 0 Å². The minimum Gasteiger partial charge on any atom is -0.488 e. The van der Waals surface area contributed by atoms with Gasteiger partial charge in [0.25, 0.3) is 0 Å². The summed E-state index contributed by atoms with van der Waals surface area (Å²) in [5.41, 5.74) is 0.664. The standard InChI is InChI=1S/C14H18Cl2FNO/c1-2-14(8-15,9-16)18-7-12-6-10-5-11(17)3-4-13(10)19-12/h3-5,12,18H,2,6-9H2,1H3. The summed E-state index contributed by atoms with van der Waals surface area (Å²) in [5, 5.41) is 3.39. The van der Waals surface area contributed by atoms with Crippen molar-refractivity contribution in [3.05, 3.63) is 29.6 Å². The molecule has 1 aliphatic rings. The van der Waals surface area contributed by atoms with Gasteiger partial charge in [-0.05, 0) is 24.6 Å². The largest absolute Gasteiger partial charge is 0.488 e. The summed E-state index contributed by atoms with van der Waals surface area (Å²) in [4.78, 5) is 0. The lowest BCUT2D eigenvalue weighted by Gasteiger charge is -2.30. The molecule has 0 aliphatic carbocycles. The van der Waals surface area contributed by atoms with E-state index in [0.717, 1.165) is 17.7 Å². The molecule has 1 aliphatic heterocycles. The van der Waals surface area contributed by atoms with E-state index >= 15 is 0 Å². The number of hydrogen-bond acceptors (Lipinski definition) is 2. The van der Waals surface area contributed by atoms with Crippen LogP contribution in [0.5, 0.6) is 5.75 Å². The molecular weight excluding hydrogens is 288 g/mol. The summed E-state index contributed by atoms with van der Waals surface area (Å²) in [6, 6.07) is 4.63. The van der Waals surface area contributed by atoms with Gasteiger partial charge in [-0.3, -0.25) is 0 Å². The Hall–Kier alpha value is -0.510. The van der Waals surface area contributed by atoms with Gasteiger partial charge in [-0.2, -0.15) is 0 Å². The summed E-state index contributed by atoms with van der Waals surface area (Å²) < 4.78 is 18.9. The molecular formula is C14H18Cl2FNO. The topological polar surface area (TPSA) is 21.3 Å². The monoisotopic (exact) mass is 305 g/mol. The van der Waals surface area contributed by atoms with Crippen molar-refractivity contribution in [3.8, 4) is 5.75 Å². The molecule has 1 heterocycles. The molecule has 0 bridgehead atoms. The second-order valence-electron chi connectivity index (χ2n) is 4.98. The van der Waals surface area contributed by atoms with Crippen LogP contribution in [0.25, 0.3) is 0 Å². The van der Waals surface area contributed by atoms with Gasteiger partial charge in [0.1, 0.15) is 17.7 Å². The van der Waals surface area contributed by atoms with E-state index in [1.54, 1.807) is 6.07 Å². The third-order valence-corrected chi connectivity index (χ3v) is 4.68. The van der Waals surface area contributed by atoms with E-state index in [4.69, 9.17) is 27.9 Å². The van der Waals surface area contributed by atoms with Crippen LogP contribution in [-0.4, -0.2) is 29.9 Å². The minimum absolute atomic E-state index is 0.00848. The Bertz CT molecular complexity index is 429. The number of ether oxygens (including phenoxy) is 1. The molecule has 0 fully saturated rings. The van der Waals surface area contributed by atoms with Crippen LogP contribution in [-0.2, 0) is 6.42 Å². The fourth-order valence-electron chi connectivity index (χ4n) is 2.18. The third-order valence-electron chi connectivity index (χ3n) is 3.66. The van der Waals surface area contributed by atoms with Crippen molar-refractivity contribution in [1.29, 1.82) is 0 Å². The molecule has 1 N–H and O–H groups in total. The highest BCUT2D eigenvalue weighted by Crippen LogP contribution is 2.29. The number of rotatable bonds is 6. The molecule has 0 amide bonds. The number of benzene rings is 1. The van der Waals surface area contributed by atoms with Crippen molar-refractivity contribution in [2.75, 3.05) is 18.3 Å². The molecule has 5 heteroatoms. The van der Waals surface area contributed by atoms with Crippen LogP contribution in [0.1, 0.15) is 18.9 Å². The van der Waals surface area contributed by atoms with Crippen LogP contribution in [0.2, 0.25) is 0 Å². The van der Waals surface area contributed by atoms with Crippen molar-refractivity contribution in [1.82, 2.24) is 5.32 Å². The quantitative estimate of drug-likeness (QED) is 0.814. The maximum atomic E-state index is 13.1. The van der Waals surface area contributed by atoms with Crippen molar-refractivity contribution in [3.63, 3.8) is 0 Å². The summed E-state index contributed by atoms with van der Waals surface area (Å²) >= 11 is 12.0. The molecule has 0 spiro atoms. The second-order valence-corrected chi connectivity index (χ2v) is 5.51. The smallest absolute Gasteiger partial charge is 0.123 e. The highest BCUT2D eigenvalue weighted by atomic mass is 35.5. The molecule has 19 heavy (non-hydrogen) atoms. The predicted molar refractivity (Wildman–Crippen MR) is 77.0 cm³/mol. The van der Waals surface area contributed by atoms with Gasteiger partial charge < -0.3 is 10.1 Å². The Morgan fingerprint density at radius 1 is 1.42 bits per heavy atom. The zero-order valence-corrected chi connectivity index (χ0v) is 12.4. The summed E-state index contributed by atoms with van der Waals surface area (Å²) in [5.74, 6) is 1.47. The van der Waals surface area contributed by atoms with Crippen LogP contribution in [0.4, 0.5) is 4.39 Å². The molecule has 1 unspecified atom stereocenters. The lowest BCUT2D eigenvalue weighted by Crippen LogP contribution is -2.51. The first-order chi connectivity index (χ1) is 9.12. The molecule has 1 aromatic carbocycles. The average molecular weight is 306 g/mol. The molecule has 1 atom stereocenters. The SMILES string of the molecule is CCC(CCl)(CCl)NCC1Cc2cc(F)ccc2O1. The zero-order valence-electron chi connectivity index (χ0n) is 10.9. The number of nitrogens with one attached hydrogen (secondary N) is 1. The maximum Gasteiger partial charge on any atom is 0.123 e. The van der Waals surface area contributed by atoms with Crippen molar-refractivity contribution in [2.24, 2.45) is 0 Å². The molecule has 2 rings (SSSR count). The summed E-state index contributed by atoms with van der Waals surface area (Å²) in [7, 11) is 0. The maximum absolute atomic E-state index is 13.1. The molecule has 1 aromatic rings. The van der Waals surface area contributed by atoms with Crippen LogP contribution in [0, 0.1) is 5.82 Å². The normalized spacial score (nSPS) is 18.2. The Kier molecular flexibility index (Phi) is 4.93. The number of fused-ring (bicyclic) bond motifs is 1. The highest BCUT2D eigenvalue weighted by Gasteiger charge is 2.29. The Morgan fingerprint density at radius 2 is 2.16 bits per heavy atom. The molecule has 0 aromatic heterocycles. The zero-order chi connectivity index (χ0) is 13.9. The van der Waals surface area contributed by atoms with Gasteiger partial charge in [0.2, 0.25) is 0 Å². The molecule has 0 saturated heterocycles. The van der Waals surface area contributed by atoms with Gasteiger partial charge in [0, 0.05) is 35.8 Å². The highest BCUT2D eigenvalue weighted by molar-refractivity contribution is 6.22. The van der Waals surface area contributed by atoms with E-state index in [1.165, 1.54) is 12.1 Å². The first kappa shape index (κ1) is 14.9. The van der Waals surface area contributed by atoms with Crippen molar-refractivity contribution >= 4 is 23.2 Å². The van der Waals surface area contributed by atoms with Crippen LogP contribution < -0.4 is 10.1 Å². The molecule has 0 radical (unpaired) electrons. The first-order valence-electron chi connectivity index (χ1n) is 6.44. The fraction of sp³-hybridized carbons (Fsp3) is 0.571. The minimum atomic E-state index is -0.257. The third kappa shape index (κ3) is 3.33. The molecule has 106 valence electrons. The van der Waals surface area contributed by atoms with Gasteiger partial charge in [-0.1, -0.05) is 6.92 Å². The summed E-state index contributed by atoms with van der Waals surface area (Å²) in [6.45, 7) is 2.71. The molecule has 0 saturated carbocycles. The van der Waals surface area contributed by atoms with Crippen LogP contribution in [0.15, 0.2) is 18.2 Å². The lowest BCUT2D eigenvalue weighted by atomic mass is 10.0. The first-order valence-corrected chi connectivity index (χ1v) is 7.51. The second kappa shape index (κ2) is 6.29. The van der Waals surface area contributed by atoms with E-state index in [-0.39, 0.29) is 17.5 Å². The van der Waals surface area contributed by atoms with Gasteiger partial charge >= 0.3 is 0 Å². The Morgan fingerprint density at radius 3 is 2.79 bits per heavy atom. The lowest BCUT2D eigenvalue weighted by molar-refractivity contribution is 0.209. The number of halogens is 3. The van der Waals surface area contributed by atoms with E-state index in [9.17, 15) is 4.39 Å².